The minimum Gasteiger partial charge on any atom is -0.347 e. The summed E-state index contributed by atoms with van der Waals surface area (Å²) in [6.07, 6.45) is 5.58. The number of carbonyl (C=O) groups is 1. The van der Waals surface area contributed by atoms with Crippen molar-refractivity contribution in [3.05, 3.63) is 0 Å². The molecule has 0 bridgehead atoms. The fourth-order valence-corrected chi connectivity index (χ4v) is 4.13. The van der Waals surface area contributed by atoms with Crippen LogP contribution in [0.3, 0.4) is 0 Å². The van der Waals surface area contributed by atoms with Gasteiger partial charge in [-0.2, -0.15) is 0 Å². The predicted molar refractivity (Wildman–Crippen MR) is 96.6 cm³/mol. The standard InChI is InChI=1S/C19H37N3O/c1-16(2,3)20-13-18(7)14-22(17(4,5)6)19(15(23)21-18)11-9-8-10-12-19/h20H,8-14H2,1-7H3,(H,21,23). The molecule has 2 fully saturated rings. The number of nitrogens with zero attached hydrogens (tertiary/aromatic N) is 1. The predicted octanol–water partition coefficient (Wildman–Crippen LogP) is 3.07. The van der Waals surface area contributed by atoms with Crippen molar-refractivity contribution in [1.82, 2.24) is 15.5 Å². The number of hydrogen-bond donors (Lipinski definition) is 2. The van der Waals surface area contributed by atoms with Crippen molar-refractivity contribution in [2.45, 2.75) is 103 Å². The smallest absolute Gasteiger partial charge is 0.241 e. The maximum Gasteiger partial charge on any atom is 0.241 e. The monoisotopic (exact) mass is 323 g/mol. The first-order valence-corrected chi connectivity index (χ1v) is 9.24. The van der Waals surface area contributed by atoms with Crippen LogP contribution in [0.2, 0.25) is 0 Å². The Balaban J connectivity index is 2.26. The molecule has 2 rings (SSSR count). The van der Waals surface area contributed by atoms with Crippen LogP contribution in [0.5, 0.6) is 0 Å². The van der Waals surface area contributed by atoms with Gasteiger partial charge in [-0.1, -0.05) is 19.3 Å². The number of nitrogens with one attached hydrogen (secondary N) is 2. The van der Waals surface area contributed by atoms with Gasteiger partial charge in [-0.25, -0.2) is 0 Å². The third-order valence-electron chi connectivity index (χ3n) is 5.36. The lowest BCUT2D eigenvalue weighted by atomic mass is 9.73. The van der Waals surface area contributed by atoms with Gasteiger partial charge < -0.3 is 10.6 Å². The van der Waals surface area contributed by atoms with Crippen LogP contribution in [0.4, 0.5) is 0 Å². The van der Waals surface area contributed by atoms with E-state index in [0.29, 0.717) is 0 Å². The number of rotatable bonds is 2. The van der Waals surface area contributed by atoms with Crippen molar-refractivity contribution in [3.63, 3.8) is 0 Å². The summed E-state index contributed by atoms with van der Waals surface area (Å²) in [5, 5.41) is 6.96. The van der Waals surface area contributed by atoms with Gasteiger partial charge in [0.25, 0.3) is 0 Å². The highest BCUT2D eigenvalue weighted by atomic mass is 16.2. The van der Waals surface area contributed by atoms with Crippen molar-refractivity contribution >= 4 is 5.91 Å². The molecule has 2 aliphatic rings. The average Bonchev–Trinajstić information content (AvgIpc) is 2.41. The Bertz CT molecular complexity index is 441. The summed E-state index contributed by atoms with van der Waals surface area (Å²) in [5.41, 5.74) is -0.462. The third kappa shape index (κ3) is 4.08. The fraction of sp³-hybridized carbons (Fsp3) is 0.947. The second kappa shape index (κ2) is 6.03. The van der Waals surface area contributed by atoms with Crippen LogP contribution in [0, 0.1) is 0 Å². The Morgan fingerprint density at radius 1 is 1.09 bits per heavy atom. The molecule has 134 valence electrons. The summed E-state index contributed by atoms with van der Waals surface area (Å²) >= 11 is 0. The summed E-state index contributed by atoms with van der Waals surface area (Å²) in [5.74, 6) is 0.247. The van der Waals surface area contributed by atoms with Crippen LogP contribution in [0.15, 0.2) is 0 Å². The molecule has 1 atom stereocenters. The van der Waals surface area contributed by atoms with Crippen LogP contribution in [-0.2, 0) is 4.79 Å². The molecule has 1 aliphatic carbocycles. The Hall–Kier alpha value is -0.610. The maximum absolute atomic E-state index is 13.2. The van der Waals surface area contributed by atoms with E-state index in [4.69, 9.17) is 0 Å². The molecule has 1 aliphatic heterocycles. The lowest BCUT2D eigenvalue weighted by molar-refractivity contribution is -0.153. The molecule has 4 nitrogen and oxygen atoms in total. The molecule has 1 spiro atoms. The number of hydrogen-bond acceptors (Lipinski definition) is 3. The highest BCUT2D eigenvalue weighted by molar-refractivity contribution is 5.88. The summed E-state index contributed by atoms with van der Waals surface area (Å²) < 4.78 is 0. The van der Waals surface area contributed by atoms with Crippen molar-refractivity contribution < 1.29 is 4.79 Å². The lowest BCUT2D eigenvalue weighted by Crippen LogP contribution is -2.77. The van der Waals surface area contributed by atoms with Crippen LogP contribution >= 0.6 is 0 Å². The molecule has 0 aromatic heterocycles. The van der Waals surface area contributed by atoms with Crippen molar-refractivity contribution in [3.8, 4) is 0 Å². The van der Waals surface area contributed by atoms with E-state index in [2.05, 4.69) is 64.0 Å². The minimum absolute atomic E-state index is 0.00189. The molecule has 1 saturated heterocycles. The van der Waals surface area contributed by atoms with Gasteiger partial charge in [-0.05, 0) is 61.3 Å². The summed E-state index contributed by atoms with van der Waals surface area (Å²) in [6, 6.07) is 0. The second-order valence-electron chi connectivity index (χ2n) is 9.97. The first-order chi connectivity index (χ1) is 10.4. The fourth-order valence-electron chi connectivity index (χ4n) is 4.13. The van der Waals surface area contributed by atoms with E-state index in [1.165, 1.54) is 6.42 Å². The van der Waals surface area contributed by atoms with E-state index < -0.39 is 0 Å². The molecule has 4 heteroatoms. The molecule has 2 N–H and O–H groups in total. The quantitative estimate of drug-likeness (QED) is 0.821. The molecular weight excluding hydrogens is 286 g/mol. The summed E-state index contributed by atoms with van der Waals surface area (Å²) in [6.45, 7) is 17.1. The molecule has 0 aromatic rings. The van der Waals surface area contributed by atoms with Gasteiger partial charge in [0.15, 0.2) is 0 Å². The van der Waals surface area contributed by atoms with Gasteiger partial charge >= 0.3 is 0 Å². The molecule has 23 heavy (non-hydrogen) atoms. The zero-order valence-corrected chi connectivity index (χ0v) is 16.3. The first-order valence-electron chi connectivity index (χ1n) is 9.24. The van der Waals surface area contributed by atoms with Crippen LogP contribution in [0.25, 0.3) is 0 Å². The number of carbonyl (C=O) groups excluding carboxylic acids is 1. The van der Waals surface area contributed by atoms with E-state index in [0.717, 1.165) is 38.8 Å². The molecular formula is C19H37N3O. The molecule has 1 saturated carbocycles. The highest BCUT2D eigenvalue weighted by Gasteiger charge is 2.55. The first kappa shape index (κ1) is 18.7. The number of amides is 1. The largest absolute Gasteiger partial charge is 0.347 e. The van der Waals surface area contributed by atoms with Crippen molar-refractivity contribution in [2.75, 3.05) is 13.1 Å². The van der Waals surface area contributed by atoms with Crippen LogP contribution in [-0.4, -0.2) is 46.1 Å². The SMILES string of the molecule is CC(C)(C)NCC1(C)CN(C(C)(C)C)C2(CCCCC2)C(=O)N1. The normalized spacial score (nSPS) is 29.6. The average molecular weight is 324 g/mol. The van der Waals surface area contributed by atoms with Gasteiger partial charge in [-0.15, -0.1) is 0 Å². The van der Waals surface area contributed by atoms with Gasteiger partial charge in [-0.3, -0.25) is 9.69 Å². The maximum atomic E-state index is 13.2. The zero-order valence-electron chi connectivity index (χ0n) is 16.3. The molecule has 0 radical (unpaired) electrons. The third-order valence-corrected chi connectivity index (χ3v) is 5.36. The molecule has 1 amide bonds. The topological polar surface area (TPSA) is 44.4 Å². The van der Waals surface area contributed by atoms with Crippen LogP contribution in [0.1, 0.15) is 80.6 Å². The Morgan fingerprint density at radius 2 is 1.65 bits per heavy atom. The van der Waals surface area contributed by atoms with Gasteiger partial charge in [0.2, 0.25) is 5.91 Å². The molecule has 1 heterocycles. The lowest BCUT2D eigenvalue weighted by Gasteiger charge is -2.58. The van der Waals surface area contributed by atoms with Gasteiger partial charge in [0, 0.05) is 24.2 Å². The van der Waals surface area contributed by atoms with E-state index in [9.17, 15) is 4.79 Å². The second-order valence-corrected chi connectivity index (χ2v) is 9.97. The summed E-state index contributed by atoms with van der Waals surface area (Å²) in [4.78, 5) is 15.7. The molecule has 1 unspecified atom stereocenters. The Labute approximate surface area is 142 Å². The van der Waals surface area contributed by atoms with Crippen molar-refractivity contribution in [1.29, 1.82) is 0 Å². The van der Waals surface area contributed by atoms with E-state index in [-0.39, 0.29) is 28.1 Å². The highest BCUT2D eigenvalue weighted by Crippen LogP contribution is 2.41. The zero-order chi connectivity index (χ0) is 17.5. The van der Waals surface area contributed by atoms with Crippen LogP contribution < -0.4 is 10.6 Å². The number of piperazine rings is 1. The van der Waals surface area contributed by atoms with Crippen molar-refractivity contribution in [2.24, 2.45) is 0 Å². The van der Waals surface area contributed by atoms with E-state index >= 15 is 0 Å². The Kier molecular flexibility index (Phi) is 4.91. The van der Waals surface area contributed by atoms with E-state index in [1.807, 2.05) is 0 Å². The van der Waals surface area contributed by atoms with E-state index in [1.54, 1.807) is 0 Å². The minimum atomic E-state index is -0.294. The van der Waals surface area contributed by atoms with Gasteiger partial charge in [0.05, 0.1) is 5.54 Å². The summed E-state index contributed by atoms with van der Waals surface area (Å²) in [7, 11) is 0. The molecule has 0 aromatic carbocycles. The van der Waals surface area contributed by atoms with Gasteiger partial charge in [0.1, 0.15) is 5.54 Å². The Morgan fingerprint density at radius 3 is 2.13 bits per heavy atom.